The maximum atomic E-state index is 5.99. The zero-order chi connectivity index (χ0) is 15.5. The van der Waals surface area contributed by atoms with Crippen molar-refractivity contribution in [3.05, 3.63) is 47.6 Å². The lowest BCUT2D eigenvalue weighted by atomic mass is 10.1. The predicted molar refractivity (Wildman–Crippen MR) is 82.3 cm³/mol. The molecule has 0 bridgehead atoms. The van der Waals surface area contributed by atoms with Gasteiger partial charge in [-0.2, -0.15) is 4.98 Å². The fourth-order valence-electron chi connectivity index (χ4n) is 1.99. The monoisotopic (exact) mass is 288 g/mol. The highest BCUT2D eigenvalue weighted by Crippen LogP contribution is 2.16. The molecule has 0 aliphatic rings. The minimum absolute atomic E-state index is 0.381. The van der Waals surface area contributed by atoms with Crippen LogP contribution in [0.2, 0.25) is 0 Å². The van der Waals surface area contributed by atoms with E-state index in [1.54, 1.807) is 0 Å². The van der Waals surface area contributed by atoms with E-state index < -0.39 is 5.54 Å². The number of hydrogen-bond acceptors (Lipinski definition) is 5. The smallest absolute Gasteiger partial charge is 0.240 e. The zero-order valence-corrected chi connectivity index (χ0v) is 13.2. The van der Waals surface area contributed by atoms with Gasteiger partial charge in [-0.05, 0) is 33.3 Å². The highest BCUT2D eigenvalue weighted by Gasteiger charge is 2.22. The largest absolute Gasteiger partial charge is 0.338 e. The van der Waals surface area contributed by atoms with Crippen LogP contribution in [-0.2, 0) is 18.6 Å². The molecule has 0 saturated carbocycles. The van der Waals surface area contributed by atoms with Crippen LogP contribution in [0, 0.1) is 0 Å². The van der Waals surface area contributed by atoms with Gasteiger partial charge in [0.1, 0.15) is 0 Å². The van der Waals surface area contributed by atoms with E-state index in [9.17, 15) is 0 Å². The maximum Gasteiger partial charge on any atom is 0.240 e. The molecule has 0 radical (unpaired) electrons. The van der Waals surface area contributed by atoms with E-state index in [-0.39, 0.29) is 0 Å². The molecular formula is C16H24N4O. The van der Waals surface area contributed by atoms with Gasteiger partial charge in [0.2, 0.25) is 5.89 Å². The van der Waals surface area contributed by atoms with Gasteiger partial charge in [0.05, 0.1) is 12.1 Å². The van der Waals surface area contributed by atoms with E-state index >= 15 is 0 Å². The van der Waals surface area contributed by atoms with Crippen molar-refractivity contribution in [2.45, 2.75) is 52.4 Å². The lowest BCUT2D eigenvalue weighted by Crippen LogP contribution is -2.31. The first kappa shape index (κ1) is 15.7. The average molecular weight is 288 g/mol. The molecule has 0 fully saturated rings. The second-order valence-electron chi connectivity index (χ2n) is 6.22. The average Bonchev–Trinajstić information content (AvgIpc) is 2.87. The summed E-state index contributed by atoms with van der Waals surface area (Å²) in [7, 11) is 0. The molecule has 21 heavy (non-hydrogen) atoms. The number of rotatable bonds is 6. The van der Waals surface area contributed by atoms with Gasteiger partial charge in [0.25, 0.3) is 0 Å². The molecule has 5 nitrogen and oxygen atoms in total. The standard InChI is InChI=1S/C16H24N4O/c1-12(2)20(10-13-8-6-5-7-9-13)11-14-18-15(19-21-14)16(3,4)17/h5-9,12H,10-11,17H2,1-4H3. The number of hydrogen-bond donors (Lipinski definition) is 1. The fourth-order valence-corrected chi connectivity index (χ4v) is 1.99. The van der Waals surface area contributed by atoms with Crippen molar-refractivity contribution < 1.29 is 4.52 Å². The van der Waals surface area contributed by atoms with Crippen LogP contribution >= 0.6 is 0 Å². The van der Waals surface area contributed by atoms with Gasteiger partial charge >= 0.3 is 0 Å². The Labute approximate surface area is 126 Å². The van der Waals surface area contributed by atoms with Crippen LogP contribution < -0.4 is 5.73 Å². The van der Waals surface area contributed by atoms with Crippen LogP contribution in [0.3, 0.4) is 0 Å². The number of benzene rings is 1. The van der Waals surface area contributed by atoms with E-state index in [2.05, 4.69) is 53.2 Å². The Morgan fingerprint density at radius 1 is 1.19 bits per heavy atom. The zero-order valence-electron chi connectivity index (χ0n) is 13.2. The Bertz CT molecular complexity index is 557. The molecule has 0 unspecified atom stereocenters. The summed E-state index contributed by atoms with van der Waals surface area (Å²) in [6.45, 7) is 9.52. The molecule has 0 amide bonds. The molecule has 5 heteroatoms. The first-order chi connectivity index (χ1) is 9.86. The van der Waals surface area contributed by atoms with Crippen LogP contribution in [0.1, 0.15) is 45.0 Å². The highest BCUT2D eigenvalue weighted by atomic mass is 16.5. The van der Waals surface area contributed by atoms with E-state index in [1.807, 2.05) is 19.9 Å². The Hall–Kier alpha value is -1.72. The number of nitrogens with zero attached hydrogens (tertiary/aromatic N) is 3. The summed E-state index contributed by atoms with van der Waals surface area (Å²) in [6.07, 6.45) is 0. The Morgan fingerprint density at radius 2 is 1.86 bits per heavy atom. The van der Waals surface area contributed by atoms with Crippen LogP contribution in [0.15, 0.2) is 34.9 Å². The van der Waals surface area contributed by atoms with E-state index in [1.165, 1.54) is 5.56 Å². The van der Waals surface area contributed by atoms with E-state index in [0.717, 1.165) is 6.54 Å². The summed E-state index contributed by atoms with van der Waals surface area (Å²) in [5, 5.41) is 3.97. The van der Waals surface area contributed by atoms with Crippen molar-refractivity contribution in [1.29, 1.82) is 0 Å². The summed E-state index contributed by atoms with van der Waals surface area (Å²) in [5.41, 5.74) is 6.67. The fraction of sp³-hybridized carbons (Fsp3) is 0.500. The molecule has 0 saturated heterocycles. The lowest BCUT2D eigenvalue weighted by molar-refractivity contribution is 0.176. The molecule has 1 aromatic carbocycles. The van der Waals surface area contributed by atoms with Crippen molar-refractivity contribution in [3.63, 3.8) is 0 Å². The molecule has 1 aromatic heterocycles. The van der Waals surface area contributed by atoms with Crippen molar-refractivity contribution >= 4 is 0 Å². The van der Waals surface area contributed by atoms with Crippen molar-refractivity contribution in [2.24, 2.45) is 5.73 Å². The summed E-state index contributed by atoms with van der Waals surface area (Å²) in [6, 6.07) is 10.8. The Balaban J connectivity index is 2.08. The van der Waals surface area contributed by atoms with Crippen LogP contribution in [-0.4, -0.2) is 21.1 Å². The quantitative estimate of drug-likeness (QED) is 0.885. The third-order valence-corrected chi connectivity index (χ3v) is 3.34. The normalized spacial score (nSPS) is 12.3. The van der Waals surface area contributed by atoms with Gasteiger partial charge in [-0.15, -0.1) is 0 Å². The van der Waals surface area contributed by atoms with Crippen molar-refractivity contribution in [1.82, 2.24) is 15.0 Å². The van der Waals surface area contributed by atoms with Gasteiger partial charge in [-0.3, -0.25) is 4.90 Å². The second kappa shape index (κ2) is 6.37. The molecule has 0 aliphatic carbocycles. The maximum absolute atomic E-state index is 5.99. The molecule has 2 rings (SSSR count). The topological polar surface area (TPSA) is 68.2 Å². The van der Waals surface area contributed by atoms with Gasteiger partial charge in [-0.25, -0.2) is 0 Å². The second-order valence-corrected chi connectivity index (χ2v) is 6.22. The first-order valence-electron chi connectivity index (χ1n) is 7.26. The van der Waals surface area contributed by atoms with Gasteiger partial charge in [0, 0.05) is 12.6 Å². The third-order valence-electron chi connectivity index (χ3n) is 3.34. The van der Waals surface area contributed by atoms with Crippen molar-refractivity contribution in [2.75, 3.05) is 0 Å². The van der Waals surface area contributed by atoms with Crippen molar-refractivity contribution in [3.8, 4) is 0 Å². The SMILES string of the molecule is CC(C)N(Cc1ccccc1)Cc1nc(C(C)(C)N)no1. The molecule has 2 aromatic rings. The molecule has 0 atom stereocenters. The third kappa shape index (κ3) is 4.37. The highest BCUT2D eigenvalue weighted by molar-refractivity contribution is 5.14. The van der Waals surface area contributed by atoms with Gasteiger partial charge in [0.15, 0.2) is 5.82 Å². The number of aromatic nitrogens is 2. The number of nitrogens with two attached hydrogens (primary N) is 1. The molecular weight excluding hydrogens is 264 g/mol. The summed E-state index contributed by atoms with van der Waals surface area (Å²) >= 11 is 0. The van der Waals surface area contributed by atoms with Gasteiger partial charge in [-0.1, -0.05) is 35.5 Å². The molecule has 0 aliphatic heterocycles. The molecule has 0 spiro atoms. The minimum Gasteiger partial charge on any atom is -0.338 e. The molecule has 2 N–H and O–H groups in total. The Morgan fingerprint density at radius 3 is 2.38 bits per heavy atom. The van der Waals surface area contributed by atoms with Crippen LogP contribution in [0.25, 0.3) is 0 Å². The summed E-state index contributed by atoms with van der Waals surface area (Å²) < 4.78 is 5.33. The van der Waals surface area contributed by atoms with Gasteiger partial charge < -0.3 is 10.3 Å². The first-order valence-corrected chi connectivity index (χ1v) is 7.26. The Kier molecular flexibility index (Phi) is 4.75. The van der Waals surface area contributed by atoms with E-state index in [4.69, 9.17) is 10.3 Å². The van der Waals surface area contributed by atoms with Crippen LogP contribution in [0.4, 0.5) is 0 Å². The molecule has 1 heterocycles. The lowest BCUT2D eigenvalue weighted by Gasteiger charge is -2.24. The summed E-state index contributed by atoms with van der Waals surface area (Å²) in [5.74, 6) is 1.15. The van der Waals surface area contributed by atoms with Crippen LogP contribution in [0.5, 0.6) is 0 Å². The molecule has 114 valence electrons. The van der Waals surface area contributed by atoms with E-state index in [0.29, 0.717) is 24.3 Å². The minimum atomic E-state index is -0.580. The summed E-state index contributed by atoms with van der Waals surface area (Å²) in [4.78, 5) is 6.69. The predicted octanol–water partition coefficient (Wildman–Crippen LogP) is 2.67.